The summed E-state index contributed by atoms with van der Waals surface area (Å²) in [5, 5.41) is 0. The Balaban J connectivity index is 1.65. The Morgan fingerprint density at radius 1 is 0.923 bits per heavy atom. The van der Waals surface area contributed by atoms with Crippen molar-refractivity contribution in [2.45, 2.75) is 97.3 Å². The zero-order valence-electron chi connectivity index (χ0n) is 17.3. The van der Waals surface area contributed by atoms with Crippen molar-refractivity contribution >= 4 is 5.78 Å². The second-order valence-electron chi connectivity index (χ2n) is 8.63. The summed E-state index contributed by atoms with van der Waals surface area (Å²) in [6, 6.07) is 0. The van der Waals surface area contributed by atoms with Crippen molar-refractivity contribution in [1.29, 1.82) is 0 Å². The van der Waals surface area contributed by atoms with Crippen LogP contribution in [0.15, 0.2) is 23.9 Å². The predicted molar refractivity (Wildman–Crippen MR) is 112 cm³/mol. The number of carbonyl (C=O) groups is 1. The molecule has 148 valence electrons. The van der Waals surface area contributed by atoms with Crippen LogP contribution >= 0.6 is 0 Å². The SMILES string of the molecule is CCCCCCC[C@H]1CC[C@H](C(=O)/C=C/C(C)=C/N2CCCCC2)CC1. The van der Waals surface area contributed by atoms with Crippen LogP contribution in [-0.4, -0.2) is 23.8 Å². The first-order valence-electron chi connectivity index (χ1n) is 11.3. The number of piperidine rings is 1. The highest BCUT2D eigenvalue weighted by atomic mass is 16.1. The summed E-state index contributed by atoms with van der Waals surface area (Å²) in [7, 11) is 0. The van der Waals surface area contributed by atoms with Gasteiger partial charge in [-0.15, -0.1) is 0 Å². The normalized spacial score (nSPS) is 25.0. The highest BCUT2D eigenvalue weighted by molar-refractivity contribution is 5.92. The van der Waals surface area contributed by atoms with Crippen molar-refractivity contribution in [2.75, 3.05) is 13.1 Å². The fourth-order valence-electron chi connectivity index (χ4n) is 4.50. The molecule has 0 radical (unpaired) electrons. The maximum atomic E-state index is 12.5. The molecule has 0 unspecified atom stereocenters. The number of likely N-dealkylation sites (tertiary alicyclic amines) is 1. The van der Waals surface area contributed by atoms with E-state index in [1.165, 1.54) is 89.3 Å². The van der Waals surface area contributed by atoms with Crippen LogP contribution in [-0.2, 0) is 4.79 Å². The zero-order chi connectivity index (χ0) is 18.6. The van der Waals surface area contributed by atoms with Crippen molar-refractivity contribution in [3.63, 3.8) is 0 Å². The summed E-state index contributed by atoms with van der Waals surface area (Å²) in [6.45, 7) is 6.73. The van der Waals surface area contributed by atoms with Crippen LogP contribution in [0.5, 0.6) is 0 Å². The quantitative estimate of drug-likeness (QED) is 0.247. The van der Waals surface area contributed by atoms with Gasteiger partial charge in [-0.3, -0.25) is 4.79 Å². The average molecular weight is 360 g/mol. The molecule has 26 heavy (non-hydrogen) atoms. The van der Waals surface area contributed by atoms with E-state index in [1.54, 1.807) is 0 Å². The third-order valence-electron chi connectivity index (χ3n) is 6.25. The Bertz CT molecular complexity index is 451. The molecule has 2 nitrogen and oxygen atoms in total. The zero-order valence-corrected chi connectivity index (χ0v) is 17.3. The first kappa shape index (κ1) is 21.3. The number of allylic oxidation sites excluding steroid dienone is 3. The summed E-state index contributed by atoms with van der Waals surface area (Å²) in [5.74, 6) is 1.52. The molecule has 0 bridgehead atoms. The minimum atomic E-state index is 0.283. The first-order chi connectivity index (χ1) is 12.7. The topological polar surface area (TPSA) is 20.3 Å². The third kappa shape index (κ3) is 8.10. The molecular formula is C24H41NO. The van der Waals surface area contributed by atoms with Gasteiger partial charge in [0.1, 0.15) is 0 Å². The van der Waals surface area contributed by atoms with Crippen molar-refractivity contribution in [1.82, 2.24) is 4.90 Å². The maximum absolute atomic E-state index is 12.5. The van der Waals surface area contributed by atoms with Crippen LogP contribution in [0.4, 0.5) is 0 Å². The number of nitrogens with zero attached hydrogens (tertiary/aromatic N) is 1. The molecule has 0 spiro atoms. The largest absolute Gasteiger partial charge is 0.377 e. The monoisotopic (exact) mass is 359 g/mol. The molecule has 0 aromatic heterocycles. The Labute approximate surface area is 162 Å². The number of carbonyl (C=O) groups excluding carboxylic acids is 1. The van der Waals surface area contributed by atoms with Crippen molar-refractivity contribution in [3.8, 4) is 0 Å². The minimum absolute atomic E-state index is 0.283. The Hall–Kier alpha value is -1.05. The third-order valence-corrected chi connectivity index (χ3v) is 6.25. The smallest absolute Gasteiger partial charge is 0.158 e. The minimum Gasteiger partial charge on any atom is -0.377 e. The van der Waals surface area contributed by atoms with E-state index in [0.717, 1.165) is 18.8 Å². The molecule has 1 saturated heterocycles. The lowest BCUT2D eigenvalue weighted by Crippen LogP contribution is -2.24. The predicted octanol–water partition coefficient (Wildman–Crippen LogP) is 6.67. The summed E-state index contributed by atoms with van der Waals surface area (Å²) in [5.41, 5.74) is 1.21. The first-order valence-corrected chi connectivity index (χ1v) is 11.3. The van der Waals surface area contributed by atoms with Gasteiger partial charge in [0, 0.05) is 25.2 Å². The lowest BCUT2D eigenvalue weighted by molar-refractivity contribution is -0.119. The highest BCUT2D eigenvalue weighted by Crippen LogP contribution is 2.32. The second kappa shape index (κ2) is 12.4. The summed E-state index contributed by atoms with van der Waals surface area (Å²) < 4.78 is 0. The molecule has 1 saturated carbocycles. The van der Waals surface area contributed by atoms with Gasteiger partial charge in [0.15, 0.2) is 5.78 Å². The van der Waals surface area contributed by atoms with Crippen LogP contribution in [0.2, 0.25) is 0 Å². The number of ketones is 1. The van der Waals surface area contributed by atoms with Gasteiger partial charge in [-0.2, -0.15) is 0 Å². The van der Waals surface area contributed by atoms with Gasteiger partial charge in [-0.1, -0.05) is 51.5 Å². The van der Waals surface area contributed by atoms with Crippen LogP contribution in [0.3, 0.4) is 0 Å². The molecule has 2 aliphatic rings. The average Bonchev–Trinajstić information content (AvgIpc) is 2.67. The lowest BCUT2D eigenvalue weighted by Gasteiger charge is -2.27. The van der Waals surface area contributed by atoms with Crippen LogP contribution in [0.25, 0.3) is 0 Å². The van der Waals surface area contributed by atoms with E-state index in [0.29, 0.717) is 5.78 Å². The Morgan fingerprint density at radius 3 is 2.31 bits per heavy atom. The molecule has 0 aromatic rings. The van der Waals surface area contributed by atoms with Gasteiger partial charge in [-0.25, -0.2) is 0 Å². The van der Waals surface area contributed by atoms with E-state index in [-0.39, 0.29) is 5.92 Å². The molecule has 1 aliphatic carbocycles. The highest BCUT2D eigenvalue weighted by Gasteiger charge is 2.24. The molecule has 2 fully saturated rings. The second-order valence-corrected chi connectivity index (χ2v) is 8.63. The molecule has 2 rings (SSSR count). The van der Waals surface area contributed by atoms with Crippen molar-refractivity contribution in [3.05, 3.63) is 23.9 Å². The van der Waals surface area contributed by atoms with E-state index in [4.69, 9.17) is 0 Å². The molecule has 0 amide bonds. The van der Waals surface area contributed by atoms with Crippen molar-refractivity contribution in [2.24, 2.45) is 11.8 Å². The molecule has 0 aromatic carbocycles. The Morgan fingerprint density at radius 2 is 1.62 bits per heavy atom. The summed E-state index contributed by atoms with van der Waals surface area (Å²) >= 11 is 0. The molecular weight excluding hydrogens is 318 g/mol. The van der Waals surface area contributed by atoms with Gasteiger partial charge in [0.25, 0.3) is 0 Å². The van der Waals surface area contributed by atoms with Crippen molar-refractivity contribution < 1.29 is 4.79 Å². The molecule has 0 N–H and O–H groups in total. The van der Waals surface area contributed by atoms with Gasteiger partial charge in [0.2, 0.25) is 0 Å². The van der Waals surface area contributed by atoms with E-state index >= 15 is 0 Å². The van der Waals surface area contributed by atoms with Gasteiger partial charge in [-0.05, 0) is 69.4 Å². The molecule has 2 heteroatoms. The van der Waals surface area contributed by atoms with Crippen LogP contribution in [0, 0.1) is 11.8 Å². The fraction of sp³-hybridized carbons (Fsp3) is 0.792. The van der Waals surface area contributed by atoms with E-state index in [2.05, 4.69) is 24.9 Å². The molecule has 1 aliphatic heterocycles. The van der Waals surface area contributed by atoms with E-state index < -0.39 is 0 Å². The lowest BCUT2D eigenvalue weighted by atomic mass is 9.78. The van der Waals surface area contributed by atoms with Gasteiger partial charge < -0.3 is 4.90 Å². The number of rotatable bonds is 10. The maximum Gasteiger partial charge on any atom is 0.158 e. The molecule has 1 heterocycles. The van der Waals surface area contributed by atoms with E-state index in [9.17, 15) is 4.79 Å². The van der Waals surface area contributed by atoms with Gasteiger partial charge in [0.05, 0.1) is 0 Å². The van der Waals surface area contributed by atoms with Crippen LogP contribution in [0.1, 0.15) is 97.3 Å². The standard InChI is InChI=1S/C24H41NO/c1-3-4-5-6-8-11-22-13-15-23(16-14-22)24(26)17-12-21(2)20-25-18-9-7-10-19-25/h12,17,20,22-23H,3-11,13-16,18-19H2,1-2H3/b17-12+,21-20+/t22-,23-. The Kier molecular flexibility index (Phi) is 10.1. The van der Waals surface area contributed by atoms with Crippen LogP contribution < -0.4 is 0 Å². The summed E-state index contributed by atoms with van der Waals surface area (Å²) in [4.78, 5) is 14.9. The fourth-order valence-corrected chi connectivity index (χ4v) is 4.50. The summed E-state index contributed by atoms with van der Waals surface area (Å²) in [6.07, 6.45) is 23.1. The number of hydrogen-bond donors (Lipinski definition) is 0. The van der Waals surface area contributed by atoms with Gasteiger partial charge >= 0.3 is 0 Å². The van der Waals surface area contributed by atoms with E-state index in [1.807, 2.05) is 12.2 Å². The molecule has 0 atom stereocenters. The number of unbranched alkanes of at least 4 members (excludes halogenated alkanes) is 4. The number of hydrogen-bond acceptors (Lipinski definition) is 2.